The highest BCUT2D eigenvalue weighted by Gasteiger charge is 2.21. The number of likely N-dealkylation sites (N-methyl/N-ethyl adjacent to an activating group) is 1. The van der Waals surface area contributed by atoms with Crippen LogP contribution >= 0.6 is 0 Å². The Balaban J connectivity index is 2.81. The van der Waals surface area contributed by atoms with Crippen molar-refractivity contribution < 1.29 is 14.1 Å². The zero-order chi connectivity index (χ0) is 10.6. The summed E-state index contributed by atoms with van der Waals surface area (Å²) in [7, 11) is 1.26. The fourth-order valence-electron chi connectivity index (χ4n) is 0.872. The number of nitrogens with zero attached hydrogens (tertiary/aromatic N) is 1. The van der Waals surface area contributed by atoms with Crippen LogP contribution in [-0.2, 0) is 9.59 Å². The second kappa shape index (κ2) is 4.36. The molecule has 0 bridgehead atoms. The Morgan fingerprint density at radius 2 is 1.86 bits per heavy atom. The summed E-state index contributed by atoms with van der Waals surface area (Å²) in [5.41, 5.74) is 0.0288. The monoisotopic (exact) mass is 196 g/mol. The lowest BCUT2D eigenvalue weighted by Gasteiger charge is -2.09. The van der Waals surface area contributed by atoms with E-state index in [1.807, 2.05) is 5.32 Å². The van der Waals surface area contributed by atoms with Crippen LogP contribution in [0, 0.1) is 0 Å². The molecular formula is C9H9FN2O2. The first-order chi connectivity index (χ1) is 6.66. The molecule has 0 aliphatic heterocycles. The molecule has 1 N–H and O–H groups in total. The Morgan fingerprint density at radius 3 is 2.36 bits per heavy atom. The first-order valence-electron chi connectivity index (χ1n) is 3.94. The van der Waals surface area contributed by atoms with Crippen molar-refractivity contribution in [3.63, 3.8) is 0 Å². The van der Waals surface area contributed by atoms with Gasteiger partial charge in [0.15, 0.2) is 0 Å². The van der Waals surface area contributed by atoms with Gasteiger partial charge in [-0.1, -0.05) is 22.7 Å². The van der Waals surface area contributed by atoms with Gasteiger partial charge in [0.25, 0.3) is 0 Å². The molecule has 0 atom stereocenters. The van der Waals surface area contributed by atoms with Gasteiger partial charge in [-0.15, -0.1) is 5.12 Å². The van der Waals surface area contributed by atoms with Gasteiger partial charge in [-0.2, -0.15) is 0 Å². The van der Waals surface area contributed by atoms with Gasteiger partial charge in [-0.25, -0.2) is 0 Å². The summed E-state index contributed by atoms with van der Waals surface area (Å²) in [5.74, 6) is -2.23. The molecule has 0 heterocycles. The molecule has 0 unspecified atom stereocenters. The predicted octanol–water partition coefficient (Wildman–Crippen LogP) is 0.650. The summed E-state index contributed by atoms with van der Waals surface area (Å²) in [4.78, 5) is 21.8. The Kier molecular flexibility index (Phi) is 3.17. The van der Waals surface area contributed by atoms with Crippen LogP contribution in [0.2, 0.25) is 0 Å². The summed E-state index contributed by atoms with van der Waals surface area (Å²) in [5, 5.41) is 1.85. The number of hydrogen-bond donors (Lipinski definition) is 1. The Bertz CT molecular complexity index is 340. The van der Waals surface area contributed by atoms with E-state index in [1.165, 1.54) is 19.2 Å². The average Bonchev–Trinajstić information content (AvgIpc) is 2.27. The normalized spacial score (nSPS) is 9.29. The minimum atomic E-state index is -1.24. The second-order valence-corrected chi connectivity index (χ2v) is 2.50. The van der Waals surface area contributed by atoms with Crippen LogP contribution in [0.25, 0.3) is 0 Å². The maximum absolute atomic E-state index is 13.2. The van der Waals surface area contributed by atoms with E-state index in [0.29, 0.717) is 0 Å². The average molecular weight is 196 g/mol. The third kappa shape index (κ3) is 2.07. The molecule has 0 aliphatic carbocycles. The molecule has 1 aromatic rings. The smallest absolute Gasteiger partial charge is 0.344 e. The molecule has 0 saturated carbocycles. The van der Waals surface area contributed by atoms with E-state index in [2.05, 4.69) is 0 Å². The molecule has 2 amide bonds. The van der Waals surface area contributed by atoms with E-state index < -0.39 is 11.8 Å². The quantitative estimate of drug-likeness (QED) is 0.529. The third-order valence-corrected chi connectivity index (χ3v) is 1.58. The lowest BCUT2D eigenvalue weighted by Crippen LogP contribution is -2.37. The fourth-order valence-corrected chi connectivity index (χ4v) is 0.872. The summed E-state index contributed by atoms with van der Waals surface area (Å²) in [6.07, 6.45) is 0. The van der Waals surface area contributed by atoms with Crippen LogP contribution in [0.5, 0.6) is 0 Å². The molecule has 0 saturated heterocycles. The number of amides is 2. The van der Waals surface area contributed by atoms with Gasteiger partial charge in [0.1, 0.15) is 0 Å². The SMILES string of the molecule is CNC(=O)C(=O)N(F)c1ccccc1. The molecule has 0 spiro atoms. The van der Waals surface area contributed by atoms with E-state index in [1.54, 1.807) is 18.2 Å². The zero-order valence-electron chi connectivity index (χ0n) is 7.53. The number of carbonyl (C=O) groups is 2. The molecule has 0 radical (unpaired) electrons. The summed E-state index contributed by atoms with van der Waals surface area (Å²) < 4.78 is 13.2. The van der Waals surface area contributed by atoms with E-state index in [4.69, 9.17) is 0 Å². The van der Waals surface area contributed by atoms with Crippen molar-refractivity contribution in [2.75, 3.05) is 12.2 Å². The van der Waals surface area contributed by atoms with Crippen LogP contribution in [0.15, 0.2) is 30.3 Å². The minimum absolute atomic E-state index is 0.0288. The van der Waals surface area contributed by atoms with Crippen molar-refractivity contribution >= 4 is 17.5 Å². The highest BCUT2D eigenvalue weighted by atomic mass is 19.2. The lowest BCUT2D eigenvalue weighted by atomic mass is 10.3. The maximum Gasteiger partial charge on any atom is 0.344 e. The van der Waals surface area contributed by atoms with Crippen molar-refractivity contribution in [2.45, 2.75) is 0 Å². The maximum atomic E-state index is 13.2. The van der Waals surface area contributed by atoms with E-state index >= 15 is 0 Å². The van der Waals surface area contributed by atoms with Crippen LogP contribution in [0.3, 0.4) is 0 Å². The van der Waals surface area contributed by atoms with E-state index in [9.17, 15) is 14.1 Å². The second-order valence-electron chi connectivity index (χ2n) is 2.50. The Hall–Kier alpha value is -1.91. The van der Waals surface area contributed by atoms with Crippen molar-refractivity contribution in [1.29, 1.82) is 0 Å². The van der Waals surface area contributed by atoms with Crippen molar-refractivity contribution in [3.05, 3.63) is 30.3 Å². The number of anilines is 1. The molecule has 74 valence electrons. The fraction of sp³-hybridized carbons (Fsp3) is 0.111. The lowest BCUT2D eigenvalue weighted by molar-refractivity contribution is -0.138. The summed E-state index contributed by atoms with van der Waals surface area (Å²) in [6, 6.07) is 7.60. The molecule has 4 nitrogen and oxygen atoms in total. The number of carbonyl (C=O) groups excluding carboxylic acids is 2. The highest BCUT2D eigenvalue weighted by molar-refractivity contribution is 6.39. The zero-order valence-corrected chi connectivity index (χ0v) is 7.53. The molecule has 1 aromatic carbocycles. The van der Waals surface area contributed by atoms with Gasteiger partial charge in [-0.05, 0) is 12.1 Å². The van der Waals surface area contributed by atoms with E-state index in [-0.39, 0.29) is 10.8 Å². The Labute approximate surface area is 80.3 Å². The molecule has 0 aliphatic rings. The number of benzene rings is 1. The molecule has 5 heteroatoms. The number of halogens is 1. The summed E-state index contributed by atoms with van der Waals surface area (Å²) >= 11 is 0. The first kappa shape index (κ1) is 10.2. The first-order valence-corrected chi connectivity index (χ1v) is 3.94. The molecule has 14 heavy (non-hydrogen) atoms. The number of hydrogen-bond acceptors (Lipinski definition) is 2. The van der Waals surface area contributed by atoms with Gasteiger partial charge >= 0.3 is 11.8 Å². The minimum Gasteiger partial charge on any atom is -0.351 e. The van der Waals surface area contributed by atoms with Gasteiger partial charge in [-0.3, -0.25) is 9.59 Å². The standard InChI is InChI=1S/C9H9FN2O2/c1-11-8(13)9(14)12(10)7-5-3-2-4-6-7/h2-6H,1H3,(H,11,13). The largest absolute Gasteiger partial charge is 0.351 e. The van der Waals surface area contributed by atoms with Crippen LogP contribution in [0.1, 0.15) is 0 Å². The highest BCUT2D eigenvalue weighted by Crippen LogP contribution is 2.13. The van der Waals surface area contributed by atoms with Gasteiger partial charge in [0.2, 0.25) is 0 Å². The van der Waals surface area contributed by atoms with Gasteiger partial charge in [0.05, 0.1) is 5.69 Å². The molecular weight excluding hydrogens is 187 g/mol. The number of para-hydroxylation sites is 1. The summed E-state index contributed by atoms with van der Waals surface area (Å²) in [6.45, 7) is 0. The molecule has 1 rings (SSSR count). The van der Waals surface area contributed by atoms with Crippen molar-refractivity contribution in [3.8, 4) is 0 Å². The number of nitrogens with one attached hydrogen (secondary N) is 1. The van der Waals surface area contributed by atoms with Crippen LogP contribution < -0.4 is 10.4 Å². The Morgan fingerprint density at radius 1 is 1.29 bits per heavy atom. The molecule has 0 aromatic heterocycles. The van der Waals surface area contributed by atoms with Crippen molar-refractivity contribution in [2.24, 2.45) is 0 Å². The van der Waals surface area contributed by atoms with Gasteiger partial charge in [0, 0.05) is 7.05 Å². The predicted molar refractivity (Wildman–Crippen MR) is 49.1 cm³/mol. The molecule has 0 fully saturated rings. The van der Waals surface area contributed by atoms with E-state index in [0.717, 1.165) is 0 Å². The van der Waals surface area contributed by atoms with Crippen molar-refractivity contribution in [1.82, 2.24) is 5.32 Å². The number of rotatable bonds is 1. The topological polar surface area (TPSA) is 49.4 Å². The van der Waals surface area contributed by atoms with Gasteiger partial charge < -0.3 is 5.32 Å². The van der Waals surface area contributed by atoms with Crippen LogP contribution in [-0.4, -0.2) is 18.9 Å². The van der Waals surface area contributed by atoms with Crippen LogP contribution in [0.4, 0.5) is 10.2 Å². The third-order valence-electron chi connectivity index (χ3n) is 1.58.